The summed E-state index contributed by atoms with van der Waals surface area (Å²) in [5.41, 5.74) is 1.91. The quantitative estimate of drug-likeness (QED) is 0.360. The summed E-state index contributed by atoms with van der Waals surface area (Å²) in [6.45, 7) is 1.00. The van der Waals surface area contributed by atoms with Crippen molar-refractivity contribution >= 4 is 38.7 Å². The fraction of sp³-hybridized carbons (Fsp3) is 0.273. The summed E-state index contributed by atoms with van der Waals surface area (Å²) in [7, 11) is 6.48. The van der Waals surface area contributed by atoms with E-state index in [1.807, 2.05) is 36.4 Å². The number of nitrogens with zero attached hydrogens (tertiary/aromatic N) is 2. The molecule has 3 aromatic rings. The Balaban J connectivity index is 2.01. The monoisotopic (exact) mass is 506 g/mol. The first kappa shape index (κ1) is 22.9. The molecule has 0 aliphatic rings. The molecule has 0 radical (unpaired) electrons. The number of carbonyl (C=O) groups excluding carboxylic acids is 1. The predicted molar refractivity (Wildman–Crippen MR) is 124 cm³/mol. The number of methoxy groups -OCH3 is 4. The first-order valence-electron chi connectivity index (χ1n) is 9.31. The number of benzene rings is 2. The fourth-order valence-electron chi connectivity index (χ4n) is 3.08. The van der Waals surface area contributed by atoms with E-state index in [4.69, 9.17) is 18.9 Å². The Morgan fingerprint density at radius 3 is 1.81 bits per heavy atom. The number of aromatic nitrogens is 1. The van der Waals surface area contributed by atoms with Crippen LogP contribution in [-0.2, 0) is 13.1 Å². The number of rotatable bonds is 10. The molecule has 0 atom stereocenters. The maximum absolute atomic E-state index is 11.4. The summed E-state index contributed by atoms with van der Waals surface area (Å²) in [6.07, 6.45) is 0.797. The van der Waals surface area contributed by atoms with Crippen molar-refractivity contribution in [3.05, 3.63) is 57.0 Å². The molecule has 0 aliphatic heterocycles. The SMILES string of the molecule is COc1ccc(CN(Cc2ccc(OC)cc2OC)c2nc(Br)c(C=O)s2)c(OC)c1. The molecule has 9 heteroatoms. The summed E-state index contributed by atoms with van der Waals surface area (Å²) in [5, 5.41) is 0.699. The predicted octanol–water partition coefficient (Wildman–Crippen LogP) is 4.96. The molecule has 31 heavy (non-hydrogen) atoms. The second-order valence-electron chi connectivity index (χ2n) is 6.48. The number of halogens is 1. The molecule has 3 rings (SSSR count). The topological polar surface area (TPSA) is 70.1 Å². The molecule has 0 saturated carbocycles. The maximum Gasteiger partial charge on any atom is 0.187 e. The second-order valence-corrected chi connectivity index (χ2v) is 8.24. The molecule has 0 bridgehead atoms. The number of carbonyl (C=O) groups is 1. The van der Waals surface area contributed by atoms with Gasteiger partial charge in [-0.3, -0.25) is 4.79 Å². The Labute approximate surface area is 193 Å². The van der Waals surface area contributed by atoms with Gasteiger partial charge in [-0.2, -0.15) is 0 Å². The summed E-state index contributed by atoms with van der Waals surface area (Å²) in [6, 6.07) is 11.4. The van der Waals surface area contributed by atoms with Crippen LogP contribution in [0.25, 0.3) is 0 Å². The molecule has 164 valence electrons. The van der Waals surface area contributed by atoms with Crippen LogP contribution < -0.4 is 23.8 Å². The van der Waals surface area contributed by atoms with Crippen LogP contribution in [0.5, 0.6) is 23.0 Å². The van der Waals surface area contributed by atoms with Gasteiger partial charge in [-0.15, -0.1) is 0 Å². The van der Waals surface area contributed by atoms with E-state index in [0.29, 0.717) is 50.7 Å². The van der Waals surface area contributed by atoms with Crippen LogP contribution in [0.3, 0.4) is 0 Å². The molecule has 0 spiro atoms. The zero-order chi connectivity index (χ0) is 22.4. The van der Waals surface area contributed by atoms with Crippen molar-refractivity contribution in [2.75, 3.05) is 33.3 Å². The van der Waals surface area contributed by atoms with E-state index in [9.17, 15) is 4.79 Å². The number of aldehydes is 1. The molecule has 1 aromatic heterocycles. The van der Waals surface area contributed by atoms with Crippen molar-refractivity contribution in [2.45, 2.75) is 13.1 Å². The third-order valence-corrected chi connectivity index (χ3v) is 6.60. The lowest BCUT2D eigenvalue weighted by atomic mass is 10.1. The van der Waals surface area contributed by atoms with E-state index in [-0.39, 0.29) is 0 Å². The van der Waals surface area contributed by atoms with Gasteiger partial charge >= 0.3 is 0 Å². The van der Waals surface area contributed by atoms with E-state index in [1.165, 1.54) is 11.3 Å². The van der Waals surface area contributed by atoms with Crippen LogP contribution in [0.1, 0.15) is 20.8 Å². The number of hydrogen-bond donors (Lipinski definition) is 0. The van der Waals surface area contributed by atoms with Crippen molar-refractivity contribution in [2.24, 2.45) is 0 Å². The first-order chi connectivity index (χ1) is 15.0. The van der Waals surface area contributed by atoms with Crippen molar-refractivity contribution in [3.8, 4) is 23.0 Å². The molecule has 0 N–H and O–H groups in total. The fourth-order valence-corrected chi connectivity index (χ4v) is 4.47. The molecule has 0 aliphatic carbocycles. The van der Waals surface area contributed by atoms with Crippen molar-refractivity contribution in [1.82, 2.24) is 4.98 Å². The molecular weight excluding hydrogens is 484 g/mol. The van der Waals surface area contributed by atoms with Gasteiger partial charge in [0.1, 0.15) is 32.5 Å². The average molecular weight is 507 g/mol. The van der Waals surface area contributed by atoms with E-state index in [1.54, 1.807) is 28.4 Å². The highest BCUT2D eigenvalue weighted by Gasteiger charge is 2.19. The highest BCUT2D eigenvalue weighted by Crippen LogP contribution is 2.35. The molecule has 0 saturated heterocycles. The third-order valence-electron chi connectivity index (χ3n) is 4.69. The maximum atomic E-state index is 11.4. The molecule has 0 unspecified atom stereocenters. The Bertz CT molecular complexity index is 999. The van der Waals surface area contributed by atoms with Crippen molar-refractivity contribution in [3.63, 3.8) is 0 Å². The number of anilines is 1. The molecule has 2 aromatic carbocycles. The van der Waals surface area contributed by atoms with Crippen molar-refractivity contribution < 1.29 is 23.7 Å². The average Bonchev–Trinajstić information content (AvgIpc) is 3.19. The largest absolute Gasteiger partial charge is 0.497 e. The minimum absolute atomic E-state index is 0.501. The number of thiazole rings is 1. The van der Waals surface area contributed by atoms with Gasteiger partial charge in [0.2, 0.25) is 0 Å². The molecule has 7 nitrogen and oxygen atoms in total. The third kappa shape index (κ3) is 5.29. The Morgan fingerprint density at radius 2 is 1.42 bits per heavy atom. The van der Waals surface area contributed by atoms with Gasteiger partial charge in [-0.05, 0) is 40.2 Å². The van der Waals surface area contributed by atoms with E-state index in [2.05, 4.69) is 25.8 Å². The highest BCUT2D eigenvalue weighted by atomic mass is 79.9. The van der Waals surface area contributed by atoms with Crippen LogP contribution in [0, 0.1) is 0 Å². The Morgan fingerprint density at radius 1 is 0.903 bits per heavy atom. The summed E-state index contributed by atoms with van der Waals surface area (Å²) in [5.74, 6) is 2.84. The minimum Gasteiger partial charge on any atom is -0.497 e. The van der Waals surface area contributed by atoms with Crippen LogP contribution in [-0.4, -0.2) is 39.7 Å². The molecule has 0 amide bonds. The number of ether oxygens (including phenoxy) is 4. The highest BCUT2D eigenvalue weighted by molar-refractivity contribution is 9.10. The van der Waals surface area contributed by atoms with Crippen LogP contribution >= 0.6 is 27.3 Å². The Kier molecular flexibility index (Phi) is 7.75. The lowest BCUT2D eigenvalue weighted by molar-refractivity contribution is 0.112. The zero-order valence-corrected chi connectivity index (χ0v) is 20.1. The van der Waals surface area contributed by atoms with E-state index in [0.717, 1.165) is 17.4 Å². The van der Waals surface area contributed by atoms with E-state index < -0.39 is 0 Å². The van der Waals surface area contributed by atoms with Gasteiger partial charge in [0.25, 0.3) is 0 Å². The molecule has 0 fully saturated rings. The van der Waals surface area contributed by atoms with Crippen LogP contribution in [0.15, 0.2) is 41.0 Å². The van der Waals surface area contributed by atoms with Gasteiger partial charge in [-0.1, -0.05) is 11.3 Å². The van der Waals surface area contributed by atoms with Gasteiger partial charge < -0.3 is 23.8 Å². The smallest absolute Gasteiger partial charge is 0.187 e. The lowest BCUT2D eigenvalue weighted by Crippen LogP contribution is -2.22. The lowest BCUT2D eigenvalue weighted by Gasteiger charge is -2.24. The summed E-state index contributed by atoms with van der Waals surface area (Å²) < 4.78 is 22.3. The first-order valence-corrected chi connectivity index (χ1v) is 10.9. The Hall–Kier alpha value is -2.78. The second kappa shape index (κ2) is 10.5. The van der Waals surface area contributed by atoms with Gasteiger partial charge in [0.15, 0.2) is 11.4 Å². The van der Waals surface area contributed by atoms with E-state index >= 15 is 0 Å². The van der Waals surface area contributed by atoms with Crippen LogP contribution in [0.4, 0.5) is 5.13 Å². The van der Waals surface area contributed by atoms with Crippen LogP contribution in [0.2, 0.25) is 0 Å². The standard InChI is InChI=1S/C22H23BrN2O5S/c1-27-16-7-5-14(18(9-16)29-3)11-25(22-24-21(23)20(13-26)31-22)12-15-6-8-17(28-2)10-19(15)30-4/h5-10,13H,11-12H2,1-4H3. The number of hydrogen-bond acceptors (Lipinski definition) is 8. The molecular formula is C22H23BrN2O5S. The van der Waals surface area contributed by atoms with Gasteiger partial charge in [0, 0.05) is 36.3 Å². The normalized spacial score (nSPS) is 10.5. The minimum atomic E-state index is 0.501. The molecule has 1 heterocycles. The summed E-state index contributed by atoms with van der Waals surface area (Å²) >= 11 is 4.69. The zero-order valence-electron chi connectivity index (χ0n) is 17.7. The van der Waals surface area contributed by atoms with Gasteiger partial charge in [-0.25, -0.2) is 4.98 Å². The summed E-state index contributed by atoms with van der Waals surface area (Å²) in [4.78, 5) is 18.5. The van der Waals surface area contributed by atoms with Crippen molar-refractivity contribution in [1.29, 1.82) is 0 Å². The van der Waals surface area contributed by atoms with Gasteiger partial charge in [0.05, 0.1) is 28.4 Å².